The zero-order chi connectivity index (χ0) is 20.6. The molecule has 0 fully saturated rings. The second-order valence-electron chi connectivity index (χ2n) is 6.61. The molecule has 0 amide bonds. The van der Waals surface area contributed by atoms with E-state index in [9.17, 15) is 13.5 Å². The third-order valence-electron chi connectivity index (χ3n) is 4.61. The van der Waals surface area contributed by atoms with Crippen molar-refractivity contribution in [1.29, 1.82) is 0 Å². The van der Waals surface area contributed by atoms with Gasteiger partial charge in [0.2, 0.25) is 10.0 Å². The number of phenols is 1. The summed E-state index contributed by atoms with van der Waals surface area (Å²) in [5, 5.41) is 28.6. The minimum atomic E-state index is -3.86. The maximum absolute atomic E-state index is 11.9. The van der Waals surface area contributed by atoms with Gasteiger partial charge < -0.3 is 10.4 Å². The van der Waals surface area contributed by atoms with Crippen molar-refractivity contribution >= 4 is 32.3 Å². The number of primary sulfonamides is 1. The first-order valence-corrected chi connectivity index (χ1v) is 10.3. The van der Waals surface area contributed by atoms with E-state index in [2.05, 4.69) is 15.5 Å². The molecule has 29 heavy (non-hydrogen) atoms. The summed E-state index contributed by atoms with van der Waals surface area (Å²) in [6.07, 6.45) is 0. The normalized spacial score (nSPS) is 11.5. The standard InChI is InChI=1S/C21H18N4O3S/c1-13-10-11-14(12-19(13)29(22,27)28)20-15-6-2-3-7-16(15)21(25-24-20)23-17-8-4-5-9-18(17)26/h2-12,26H,1H3,(H,23,25)(H2,22,27,28). The SMILES string of the molecule is Cc1ccc(-c2nnc(Nc3ccccc3O)c3ccccc23)cc1S(N)(=O)=O. The Morgan fingerprint density at radius 1 is 0.931 bits per heavy atom. The second kappa shape index (κ2) is 7.16. The quantitative estimate of drug-likeness (QED) is 0.445. The van der Waals surface area contributed by atoms with Crippen molar-refractivity contribution in [2.45, 2.75) is 11.8 Å². The average molecular weight is 406 g/mol. The number of aromatic hydroxyl groups is 1. The Labute approximate surface area is 167 Å². The summed E-state index contributed by atoms with van der Waals surface area (Å²) in [5.41, 5.74) is 2.20. The van der Waals surface area contributed by atoms with Crippen molar-refractivity contribution in [3.8, 4) is 17.0 Å². The Bertz CT molecular complexity index is 1340. The van der Waals surface area contributed by atoms with Crippen molar-refractivity contribution in [1.82, 2.24) is 10.2 Å². The summed E-state index contributed by atoms with van der Waals surface area (Å²) >= 11 is 0. The molecule has 0 aliphatic heterocycles. The van der Waals surface area contributed by atoms with Crippen molar-refractivity contribution in [3.05, 3.63) is 72.3 Å². The van der Waals surface area contributed by atoms with Crippen LogP contribution in [0.2, 0.25) is 0 Å². The second-order valence-corrected chi connectivity index (χ2v) is 8.14. The van der Waals surface area contributed by atoms with Crippen LogP contribution in [-0.4, -0.2) is 23.7 Å². The Morgan fingerprint density at radius 2 is 1.62 bits per heavy atom. The van der Waals surface area contributed by atoms with Crippen LogP contribution in [-0.2, 0) is 10.0 Å². The number of aromatic nitrogens is 2. The fourth-order valence-electron chi connectivity index (χ4n) is 3.17. The molecule has 4 rings (SSSR count). The molecule has 0 aliphatic rings. The monoisotopic (exact) mass is 406 g/mol. The summed E-state index contributed by atoms with van der Waals surface area (Å²) in [7, 11) is -3.86. The number of phenolic OH excluding ortho intramolecular Hbond substituents is 1. The molecular weight excluding hydrogens is 388 g/mol. The molecule has 4 aromatic rings. The van der Waals surface area contributed by atoms with Gasteiger partial charge in [-0.1, -0.05) is 48.5 Å². The number of hydrogen-bond donors (Lipinski definition) is 3. The van der Waals surface area contributed by atoms with Gasteiger partial charge in [0.1, 0.15) is 11.4 Å². The highest BCUT2D eigenvalue weighted by Gasteiger charge is 2.16. The molecule has 1 aromatic heterocycles. The number of aryl methyl sites for hydroxylation is 1. The van der Waals surface area contributed by atoms with Crippen molar-refractivity contribution < 1.29 is 13.5 Å². The van der Waals surface area contributed by atoms with Crippen LogP contribution in [0.25, 0.3) is 22.0 Å². The van der Waals surface area contributed by atoms with Gasteiger partial charge in [-0.3, -0.25) is 0 Å². The van der Waals surface area contributed by atoms with Gasteiger partial charge in [0, 0.05) is 16.3 Å². The summed E-state index contributed by atoms with van der Waals surface area (Å²) in [5.74, 6) is 0.573. The highest BCUT2D eigenvalue weighted by molar-refractivity contribution is 7.89. The third kappa shape index (κ3) is 3.63. The van der Waals surface area contributed by atoms with Crippen LogP contribution in [0.15, 0.2) is 71.6 Å². The first-order valence-electron chi connectivity index (χ1n) is 8.79. The molecule has 0 saturated carbocycles. The lowest BCUT2D eigenvalue weighted by Gasteiger charge is -2.13. The highest BCUT2D eigenvalue weighted by atomic mass is 32.2. The van der Waals surface area contributed by atoms with Crippen molar-refractivity contribution in [3.63, 3.8) is 0 Å². The maximum atomic E-state index is 11.9. The fraction of sp³-hybridized carbons (Fsp3) is 0.0476. The number of hydrogen-bond acceptors (Lipinski definition) is 6. The lowest BCUT2D eigenvalue weighted by Crippen LogP contribution is -2.13. The molecule has 3 aromatic carbocycles. The summed E-state index contributed by atoms with van der Waals surface area (Å²) in [6.45, 7) is 1.69. The van der Waals surface area contributed by atoms with Crippen molar-refractivity contribution in [2.24, 2.45) is 5.14 Å². The number of anilines is 2. The predicted octanol–water partition coefficient (Wildman–Crippen LogP) is 3.70. The van der Waals surface area contributed by atoms with E-state index in [1.807, 2.05) is 24.3 Å². The van der Waals surface area contributed by atoms with Gasteiger partial charge in [-0.25, -0.2) is 13.6 Å². The van der Waals surface area contributed by atoms with Gasteiger partial charge in [-0.15, -0.1) is 10.2 Å². The Balaban J connectivity index is 1.88. The van der Waals surface area contributed by atoms with Crippen LogP contribution in [0.3, 0.4) is 0 Å². The van der Waals surface area contributed by atoms with Crippen LogP contribution < -0.4 is 10.5 Å². The Hall–Kier alpha value is -3.49. The van der Waals surface area contributed by atoms with Crippen LogP contribution in [0.5, 0.6) is 5.75 Å². The van der Waals surface area contributed by atoms with Crippen molar-refractivity contribution in [2.75, 3.05) is 5.32 Å². The minimum absolute atomic E-state index is 0.0530. The van der Waals surface area contributed by atoms with Crippen LogP contribution in [0.4, 0.5) is 11.5 Å². The molecule has 1 heterocycles. The smallest absolute Gasteiger partial charge is 0.238 e. The van der Waals surface area contributed by atoms with Gasteiger partial charge in [-0.05, 0) is 30.7 Å². The molecule has 146 valence electrons. The van der Waals surface area contributed by atoms with Crippen LogP contribution >= 0.6 is 0 Å². The fourth-order valence-corrected chi connectivity index (χ4v) is 3.98. The zero-order valence-electron chi connectivity index (χ0n) is 15.5. The Morgan fingerprint density at radius 3 is 2.34 bits per heavy atom. The molecule has 0 saturated heterocycles. The topological polar surface area (TPSA) is 118 Å². The number of nitrogens with one attached hydrogen (secondary N) is 1. The molecular formula is C21H18N4O3S. The Kier molecular flexibility index (Phi) is 4.65. The van der Waals surface area contributed by atoms with E-state index in [1.54, 1.807) is 43.3 Å². The van der Waals surface area contributed by atoms with Crippen LogP contribution in [0, 0.1) is 6.92 Å². The number of nitrogens with two attached hydrogens (primary N) is 1. The minimum Gasteiger partial charge on any atom is -0.506 e. The molecule has 4 N–H and O–H groups in total. The van der Waals surface area contributed by atoms with Gasteiger partial charge in [0.25, 0.3) is 0 Å². The molecule has 0 radical (unpaired) electrons. The van der Waals surface area contributed by atoms with E-state index in [1.165, 1.54) is 6.07 Å². The first kappa shape index (κ1) is 18.9. The van der Waals surface area contributed by atoms with E-state index in [-0.39, 0.29) is 10.6 Å². The van der Waals surface area contributed by atoms with Gasteiger partial charge in [0.05, 0.1) is 10.6 Å². The largest absolute Gasteiger partial charge is 0.506 e. The molecule has 0 unspecified atom stereocenters. The number of nitrogens with zero attached hydrogens (tertiary/aromatic N) is 2. The van der Waals surface area contributed by atoms with E-state index < -0.39 is 10.0 Å². The molecule has 0 atom stereocenters. The summed E-state index contributed by atoms with van der Waals surface area (Å²) in [4.78, 5) is 0.0530. The lowest BCUT2D eigenvalue weighted by atomic mass is 10.0. The molecule has 0 aliphatic carbocycles. The van der Waals surface area contributed by atoms with E-state index in [4.69, 9.17) is 5.14 Å². The summed E-state index contributed by atoms with van der Waals surface area (Å²) < 4.78 is 23.8. The lowest BCUT2D eigenvalue weighted by molar-refractivity contribution is 0.477. The first-order chi connectivity index (χ1) is 13.8. The summed E-state index contributed by atoms with van der Waals surface area (Å²) in [6, 6.07) is 19.3. The molecule has 0 bridgehead atoms. The molecule has 0 spiro atoms. The molecule has 8 heteroatoms. The predicted molar refractivity (Wildman–Crippen MR) is 112 cm³/mol. The highest BCUT2D eigenvalue weighted by Crippen LogP contribution is 2.34. The number of fused-ring (bicyclic) bond motifs is 1. The van der Waals surface area contributed by atoms with Gasteiger partial charge in [0.15, 0.2) is 5.82 Å². The van der Waals surface area contributed by atoms with Crippen LogP contribution in [0.1, 0.15) is 5.56 Å². The number of rotatable bonds is 4. The number of benzene rings is 3. The zero-order valence-corrected chi connectivity index (χ0v) is 16.3. The van der Waals surface area contributed by atoms with Gasteiger partial charge in [-0.2, -0.15) is 0 Å². The van der Waals surface area contributed by atoms with E-state index in [0.717, 1.165) is 10.8 Å². The third-order valence-corrected chi connectivity index (χ3v) is 5.67. The maximum Gasteiger partial charge on any atom is 0.238 e. The number of sulfonamides is 1. The molecule has 7 nitrogen and oxygen atoms in total. The number of para-hydroxylation sites is 2. The van der Waals surface area contributed by atoms with Gasteiger partial charge >= 0.3 is 0 Å². The van der Waals surface area contributed by atoms with E-state index in [0.29, 0.717) is 28.3 Å². The average Bonchev–Trinajstić information content (AvgIpc) is 2.69. The van der Waals surface area contributed by atoms with E-state index >= 15 is 0 Å².